The van der Waals surface area contributed by atoms with Crippen LogP contribution >= 0.6 is 22.8 Å². The molecule has 0 spiro atoms. The third kappa shape index (κ3) is 6.73. The highest BCUT2D eigenvalue weighted by molar-refractivity contribution is 7.64. The van der Waals surface area contributed by atoms with Gasteiger partial charge < -0.3 is 27.1 Å². The molecule has 0 aliphatic rings. The van der Waals surface area contributed by atoms with Crippen LogP contribution in [-0.2, 0) is 40.8 Å². The van der Waals surface area contributed by atoms with Crippen LogP contribution in [0.3, 0.4) is 0 Å². The summed E-state index contributed by atoms with van der Waals surface area (Å²) in [5.41, 5.74) is -1.48. The van der Waals surface area contributed by atoms with Gasteiger partial charge in [-0.1, -0.05) is 0 Å². The highest BCUT2D eigenvalue weighted by Crippen LogP contribution is 2.50. The highest BCUT2D eigenvalue weighted by Gasteiger charge is 2.41. The van der Waals surface area contributed by atoms with Crippen molar-refractivity contribution in [2.75, 3.05) is 39.6 Å². The molecule has 0 radical (unpaired) electrons. The van der Waals surface area contributed by atoms with E-state index in [0.29, 0.717) is 0 Å². The van der Waals surface area contributed by atoms with Gasteiger partial charge in [0.2, 0.25) is 16.7 Å². The predicted molar refractivity (Wildman–Crippen MR) is 111 cm³/mol. The maximum atomic E-state index is 13.3. The number of nitrogens with zero attached hydrogens (tertiary/aromatic N) is 3. The molecule has 0 bridgehead atoms. The van der Waals surface area contributed by atoms with E-state index in [1.807, 2.05) is 0 Å². The molecule has 1 aromatic heterocycles. The van der Waals surface area contributed by atoms with Crippen molar-refractivity contribution in [3.05, 3.63) is 0 Å². The Hall–Kier alpha value is -0.540. The second-order valence-corrected chi connectivity index (χ2v) is 11.0. The summed E-state index contributed by atoms with van der Waals surface area (Å²) < 4.78 is 71.4. The molecule has 174 valence electrons. The summed E-state index contributed by atoms with van der Waals surface area (Å²) in [6.45, 7) is 9.68. The van der Waals surface area contributed by atoms with E-state index in [-0.39, 0.29) is 39.6 Å². The van der Waals surface area contributed by atoms with Gasteiger partial charge in [0.1, 0.15) is 0 Å². The van der Waals surface area contributed by atoms with Gasteiger partial charge in [-0.2, -0.15) is 15.0 Å². The predicted octanol–water partition coefficient (Wildman–Crippen LogP) is 2.55. The van der Waals surface area contributed by atoms with E-state index in [2.05, 4.69) is 15.0 Å². The second-order valence-electron chi connectivity index (χ2n) is 5.23. The van der Waals surface area contributed by atoms with E-state index in [1.165, 1.54) is 0 Å². The fourth-order valence-corrected chi connectivity index (χ4v) is 6.68. The molecule has 30 heavy (non-hydrogen) atoms. The molecule has 0 saturated carbocycles. The quantitative estimate of drug-likeness (QED) is 0.334. The van der Waals surface area contributed by atoms with E-state index in [0.717, 1.165) is 0 Å². The van der Waals surface area contributed by atoms with E-state index in [9.17, 15) is 13.7 Å². The van der Waals surface area contributed by atoms with Crippen LogP contribution in [0.15, 0.2) is 0 Å². The Labute approximate surface area is 177 Å². The maximum Gasteiger partial charge on any atom is 0.398 e. The fraction of sp³-hybridized carbons (Fsp3) is 0.800. The summed E-state index contributed by atoms with van der Waals surface area (Å²) >= 11 is 0. The Bertz CT molecular complexity index is 677. The summed E-state index contributed by atoms with van der Waals surface area (Å²) in [4.78, 5) is 12.0. The molecule has 0 N–H and O–H groups in total. The van der Waals surface area contributed by atoms with E-state index in [1.54, 1.807) is 41.5 Å². The zero-order valence-electron chi connectivity index (χ0n) is 18.1. The van der Waals surface area contributed by atoms with Gasteiger partial charge in [-0.25, -0.2) is 0 Å². The molecule has 15 heteroatoms. The number of rotatable bonds is 15. The first kappa shape index (κ1) is 27.5. The number of aromatic nitrogens is 3. The van der Waals surface area contributed by atoms with Crippen LogP contribution < -0.4 is 16.7 Å². The van der Waals surface area contributed by atoms with Crippen LogP contribution in [0.5, 0.6) is 0 Å². The normalized spacial score (nSPS) is 13.0. The van der Waals surface area contributed by atoms with Crippen molar-refractivity contribution >= 4 is 39.5 Å². The summed E-state index contributed by atoms with van der Waals surface area (Å²) in [5, 5.41) is 0. The average molecular weight is 489 g/mol. The molecule has 0 atom stereocenters. The lowest BCUT2D eigenvalue weighted by atomic mass is 10.9. The molecule has 1 heterocycles. The van der Waals surface area contributed by atoms with Crippen LogP contribution in [0.25, 0.3) is 0 Å². The molecular formula is C15H30N3O9P3. The topological polar surface area (TPSA) is 145 Å². The zero-order chi connectivity index (χ0) is 22.8. The monoisotopic (exact) mass is 489 g/mol. The molecule has 0 aliphatic carbocycles. The van der Waals surface area contributed by atoms with Crippen molar-refractivity contribution in [2.45, 2.75) is 41.5 Å². The summed E-state index contributed by atoms with van der Waals surface area (Å²) in [6.07, 6.45) is 0. The first-order valence-corrected chi connectivity index (χ1v) is 14.3. The van der Waals surface area contributed by atoms with Crippen molar-refractivity contribution < 1.29 is 40.8 Å². The fourth-order valence-electron chi connectivity index (χ4n) is 2.19. The third-order valence-electron chi connectivity index (χ3n) is 3.13. The molecule has 0 amide bonds. The minimum atomic E-state index is -4.07. The molecule has 0 saturated heterocycles. The van der Waals surface area contributed by atoms with Crippen molar-refractivity contribution in [1.82, 2.24) is 15.0 Å². The molecule has 0 unspecified atom stereocenters. The van der Waals surface area contributed by atoms with Crippen LogP contribution in [0.4, 0.5) is 0 Å². The zero-order valence-corrected chi connectivity index (χ0v) is 20.8. The first-order chi connectivity index (χ1) is 14.2. The largest absolute Gasteiger partial charge is 0.398 e. The Morgan fingerprint density at radius 1 is 0.467 bits per heavy atom. The van der Waals surface area contributed by atoms with Crippen molar-refractivity contribution in [3.8, 4) is 0 Å². The molecule has 1 rings (SSSR count). The van der Waals surface area contributed by atoms with Crippen LogP contribution in [0.1, 0.15) is 41.5 Å². The van der Waals surface area contributed by atoms with Gasteiger partial charge in [0.25, 0.3) is 0 Å². The molecule has 0 aromatic carbocycles. The Morgan fingerprint density at radius 2 is 0.633 bits per heavy atom. The molecule has 0 fully saturated rings. The minimum absolute atomic E-state index is 0.0107. The lowest BCUT2D eigenvalue weighted by Crippen LogP contribution is -2.38. The molecule has 12 nitrogen and oxygen atoms in total. The third-order valence-corrected chi connectivity index (χ3v) is 8.79. The molecular weight excluding hydrogens is 459 g/mol. The maximum absolute atomic E-state index is 13.3. The lowest BCUT2D eigenvalue weighted by Gasteiger charge is -2.21. The number of hydrogen-bond donors (Lipinski definition) is 0. The lowest BCUT2D eigenvalue weighted by molar-refractivity contribution is 0.226. The van der Waals surface area contributed by atoms with Crippen LogP contribution in [-0.4, -0.2) is 54.6 Å². The van der Waals surface area contributed by atoms with Crippen LogP contribution in [0.2, 0.25) is 0 Å². The van der Waals surface area contributed by atoms with Crippen molar-refractivity contribution in [3.63, 3.8) is 0 Å². The van der Waals surface area contributed by atoms with E-state index >= 15 is 0 Å². The van der Waals surface area contributed by atoms with Gasteiger partial charge in [-0.3, -0.25) is 13.7 Å². The second kappa shape index (κ2) is 12.5. The van der Waals surface area contributed by atoms with Gasteiger partial charge in [0.15, 0.2) is 0 Å². The Morgan fingerprint density at radius 3 is 0.767 bits per heavy atom. The summed E-state index contributed by atoms with van der Waals surface area (Å²) in [5.74, 6) is 0. The molecule has 1 aromatic rings. The Balaban J connectivity index is 3.84. The summed E-state index contributed by atoms with van der Waals surface area (Å²) in [7, 11) is -12.2. The average Bonchev–Trinajstić information content (AvgIpc) is 2.69. The van der Waals surface area contributed by atoms with Crippen molar-refractivity contribution in [2.24, 2.45) is 0 Å². The summed E-state index contributed by atoms with van der Waals surface area (Å²) in [6, 6.07) is 0. The van der Waals surface area contributed by atoms with Crippen LogP contribution in [0, 0.1) is 0 Å². The molecule has 0 aliphatic heterocycles. The first-order valence-electron chi connectivity index (χ1n) is 9.63. The van der Waals surface area contributed by atoms with Gasteiger partial charge in [0.05, 0.1) is 39.6 Å². The highest BCUT2D eigenvalue weighted by atomic mass is 31.2. The van der Waals surface area contributed by atoms with E-state index in [4.69, 9.17) is 27.1 Å². The smallest absolute Gasteiger partial charge is 0.303 e. The van der Waals surface area contributed by atoms with Crippen molar-refractivity contribution in [1.29, 1.82) is 0 Å². The SMILES string of the molecule is CCOP(=O)(OCC)c1nc(P(=O)(OCC)OCC)nc(P(=O)(OCC)OCC)n1. The van der Waals surface area contributed by atoms with Gasteiger partial charge in [0, 0.05) is 0 Å². The van der Waals surface area contributed by atoms with Gasteiger partial charge >= 0.3 is 22.8 Å². The van der Waals surface area contributed by atoms with Gasteiger partial charge in [-0.15, -0.1) is 0 Å². The Kier molecular flexibility index (Phi) is 11.4. The standard InChI is InChI=1S/C15H30N3O9P3/c1-7-22-28(19,23-8-2)13-16-14(29(20,24-9-3)25-10-4)18-15(17-13)30(21,26-11-5)27-12-6/h7-12H2,1-6H3. The number of hydrogen-bond acceptors (Lipinski definition) is 12. The van der Waals surface area contributed by atoms with Gasteiger partial charge in [-0.05, 0) is 41.5 Å². The minimum Gasteiger partial charge on any atom is -0.303 e. The van der Waals surface area contributed by atoms with E-state index < -0.39 is 39.5 Å².